The monoisotopic (exact) mass is 1000 g/mol. The molecule has 18 nitrogen and oxygen atoms in total. The van der Waals surface area contributed by atoms with E-state index in [-0.39, 0.29) is 56.1 Å². The largest absolute Gasteiger partial charge is 0.474 e. The number of nitrogens with zero attached hydrogens (tertiary/aromatic N) is 4. The molecule has 2 fully saturated rings. The Morgan fingerprint density at radius 2 is 1.56 bits per heavy atom. The second-order valence-corrected chi connectivity index (χ2v) is 17.3. The van der Waals surface area contributed by atoms with Crippen LogP contribution in [-0.4, -0.2) is 143 Å². The van der Waals surface area contributed by atoms with Gasteiger partial charge in [0.25, 0.3) is 11.8 Å². The predicted molar refractivity (Wildman–Crippen MR) is 256 cm³/mol. The molecule has 0 spiro atoms. The summed E-state index contributed by atoms with van der Waals surface area (Å²) >= 11 is 0. The Morgan fingerprint density at radius 3 is 2.29 bits per heavy atom. The summed E-state index contributed by atoms with van der Waals surface area (Å²) in [6.45, 7) is 7.33. The van der Waals surface area contributed by atoms with E-state index in [4.69, 9.17) is 28.4 Å². The van der Waals surface area contributed by atoms with Crippen LogP contribution in [0.25, 0.3) is 11.1 Å². The molecule has 1 atom stereocenters. The van der Waals surface area contributed by atoms with E-state index in [0.29, 0.717) is 113 Å². The Bertz CT molecular complexity index is 2520. The molecule has 0 aliphatic carbocycles. The number of amides is 5. The van der Waals surface area contributed by atoms with Gasteiger partial charge in [-0.1, -0.05) is 24.6 Å². The Hall–Kier alpha value is -6.52. The van der Waals surface area contributed by atoms with Crippen molar-refractivity contribution in [2.75, 3.05) is 103 Å². The number of morpholine rings is 1. The van der Waals surface area contributed by atoms with Crippen LogP contribution in [0.15, 0.2) is 67.0 Å². The summed E-state index contributed by atoms with van der Waals surface area (Å²) in [6.07, 6.45) is 2.36. The van der Waals surface area contributed by atoms with Gasteiger partial charge in [0.1, 0.15) is 24.9 Å². The lowest BCUT2D eigenvalue weighted by molar-refractivity contribution is -0.138. The quantitative estimate of drug-likeness (QED) is 0.0540. The van der Waals surface area contributed by atoms with E-state index in [0.717, 1.165) is 54.6 Å². The fourth-order valence-electron chi connectivity index (χ4n) is 8.47. The number of hydrogen-bond donors (Lipinski definition) is 3. The van der Waals surface area contributed by atoms with Gasteiger partial charge < -0.3 is 48.9 Å². The minimum atomic E-state index is -4.58. The van der Waals surface area contributed by atoms with Gasteiger partial charge in [0.2, 0.25) is 23.6 Å². The molecule has 2 saturated heterocycles. The summed E-state index contributed by atoms with van der Waals surface area (Å²) in [5.41, 5.74) is 4.64. The minimum absolute atomic E-state index is 0.0712. The number of unbranched alkanes of at least 4 members (excludes halogenated alkanes) is 2. The fourth-order valence-corrected chi connectivity index (χ4v) is 8.47. The molecule has 72 heavy (non-hydrogen) atoms. The number of carbonyl (C=O) groups is 5. The first-order valence-corrected chi connectivity index (χ1v) is 24.1. The van der Waals surface area contributed by atoms with Gasteiger partial charge in [-0.15, -0.1) is 0 Å². The van der Waals surface area contributed by atoms with Crippen molar-refractivity contribution in [1.82, 2.24) is 25.5 Å². The Kier molecular flexibility index (Phi) is 19.4. The number of anilines is 2. The number of hydrogen-bond acceptors (Lipinski definition) is 14. The van der Waals surface area contributed by atoms with Crippen molar-refractivity contribution in [3.8, 4) is 17.0 Å². The van der Waals surface area contributed by atoms with Crippen LogP contribution in [0.1, 0.15) is 75.2 Å². The lowest BCUT2D eigenvalue weighted by atomic mass is 9.98. The summed E-state index contributed by atoms with van der Waals surface area (Å²) in [6, 6.07) is 12.9. The van der Waals surface area contributed by atoms with Crippen LogP contribution in [0.4, 0.5) is 24.5 Å². The first kappa shape index (κ1) is 53.3. The number of pyridine rings is 2. The van der Waals surface area contributed by atoms with Crippen molar-refractivity contribution < 1.29 is 65.6 Å². The van der Waals surface area contributed by atoms with Gasteiger partial charge in [-0.25, -0.2) is 4.98 Å². The van der Waals surface area contributed by atoms with E-state index in [1.54, 1.807) is 23.2 Å². The van der Waals surface area contributed by atoms with Gasteiger partial charge in [0.15, 0.2) is 0 Å². The molecule has 5 heterocycles. The van der Waals surface area contributed by atoms with E-state index in [9.17, 15) is 37.1 Å². The van der Waals surface area contributed by atoms with Gasteiger partial charge in [-0.05, 0) is 80.1 Å². The average Bonchev–Trinajstić information content (AvgIpc) is 3.71. The lowest BCUT2D eigenvalue weighted by Gasteiger charge is -2.30. The molecule has 3 aliphatic rings. The maximum Gasteiger partial charge on any atom is 0.416 e. The number of imide groups is 1. The van der Waals surface area contributed by atoms with Gasteiger partial charge in [-0.3, -0.25) is 34.3 Å². The minimum Gasteiger partial charge on any atom is -0.474 e. The number of fused-ring (bicyclic) bond motifs is 1. The molecule has 0 saturated carbocycles. The summed E-state index contributed by atoms with van der Waals surface area (Å²) in [5, 5.41) is 7.86. The highest BCUT2D eigenvalue weighted by molar-refractivity contribution is 6.06. The standard InChI is InChI=1S/C51H60F3N7O11/c1-34-41(29-39(31-56-34)58-47(64)36-9-5-10-38(27-36)51(52,53)54)37-28-44(60-15-17-67-18-16-60)49(57-30-37)72-26-25-70-22-21-68-19-20-69-23-24-71-33-46(63)55-14-4-2-3-7-35-8-6-11-40-42(35)32-61(50(40)66)43-12-13-45(62)59-48(43)65/h5-6,8-11,27-31,43H,2-4,7,12-26,32-33H2,1H3,(H,55,63)(H,58,64)(H,59,62,65). The van der Waals surface area contributed by atoms with Crippen molar-refractivity contribution in [3.05, 3.63) is 101 Å². The number of nitrogens with one attached hydrogen (secondary N) is 3. The highest BCUT2D eigenvalue weighted by atomic mass is 19.4. The molecule has 386 valence electrons. The molecule has 7 rings (SSSR count). The van der Waals surface area contributed by atoms with E-state index >= 15 is 0 Å². The number of benzene rings is 2. The SMILES string of the molecule is Cc1ncc(NC(=O)c2cccc(C(F)(F)F)c2)cc1-c1cnc(OCCOCCOCCOCCOCC(=O)NCCCCCc2cccc3c2CN(C2CCC(=O)NC2=O)C3=O)c(N2CCOCC2)c1. The van der Waals surface area contributed by atoms with Crippen LogP contribution in [-0.2, 0) is 57.2 Å². The molecule has 0 radical (unpaired) electrons. The third kappa shape index (κ3) is 15.0. The number of aromatic nitrogens is 2. The van der Waals surface area contributed by atoms with Gasteiger partial charge in [0, 0.05) is 66.7 Å². The van der Waals surface area contributed by atoms with E-state index in [2.05, 4.69) is 30.8 Å². The van der Waals surface area contributed by atoms with Gasteiger partial charge in [-0.2, -0.15) is 13.2 Å². The van der Waals surface area contributed by atoms with Crippen LogP contribution < -0.4 is 25.6 Å². The molecule has 0 bridgehead atoms. The molecule has 4 aromatic rings. The number of rotatable bonds is 26. The second-order valence-electron chi connectivity index (χ2n) is 17.3. The van der Waals surface area contributed by atoms with Crippen LogP contribution in [0.3, 0.4) is 0 Å². The third-order valence-corrected chi connectivity index (χ3v) is 12.2. The van der Waals surface area contributed by atoms with Crippen LogP contribution in [0.5, 0.6) is 5.88 Å². The molecule has 2 aromatic carbocycles. The number of alkyl halides is 3. The zero-order chi connectivity index (χ0) is 50.9. The van der Waals surface area contributed by atoms with Crippen molar-refractivity contribution in [2.24, 2.45) is 0 Å². The van der Waals surface area contributed by atoms with E-state index in [1.165, 1.54) is 18.3 Å². The van der Waals surface area contributed by atoms with Crippen molar-refractivity contribution in [3.63, 3.8) is 0 Å². The Morgan fingerprint density at radius 1 is 0.833 bits per heavy atom. The molecule has 2 aromatic heterocycles. The average molecular weight is 1000 g/mol. The molecule has 1 unspecified atom stereocenters. The molecule has 5 amide bonds. The summed E-state index contributed by atoms with van der Waals surface area (Å²) < 4.78 is 73.7. The highest BCUT2D eigenvalue weighted by Gasteiger charge is 2.39. The maximum atomic E-state index is 13.3. The number of halogens is 3. The Balaban J connectivity index is 0.719. The summed E-state index contributed by atoms with van der Waals surface area (Å²) in [4.78, 5) is 74.9. The highest BCUT2D eigenvalue weighted by Crippen LogP contribution is 2.35. The molecule has 3 aliphatic heterocycles. The molecule has 3 N–H and O–H groups in total. The Labute approximate surface area is 415 Å². The lowest BCUT2D eigenvalue weighted by Crippen LogP contribution is -2.52. The van der Waals surface area contributed by atoms with Gasteiger partial charge in [0.05, 0.1) is 76.9 Å². The fraction of sp³-hybridized carbons (Fsp3) is 0.471. The number of ether oxygens (including phenoxy) is 6. The molecular weight excluding hydrogens is 944 g/mol. The van der Waals surface area contributed by atoms with Crippen LogP contribution in [0.2, 0.25) is 0 Å². The summed E-state index contributed by atoms with van der Waals surface area (Å²) in [7, 11) is 0. The zero-order valence-electron chi connectivity index (χ0n) is 40.2. The number of aryl methyl sites for hydroxylation is 2. The number of piperidine rings is 1. The first-order chi connectivity index (χ1) is 34.9. The van der Waals surface area contributed by atoms with Crippen molar-refractivity contribution >= 4 is 40.9 Å². The topological polar surface area (TPSA) is 209 Å². The third-order valence-electron chi connectivity index (χ3n) is 12.2. The predicted octanol–water partition coefficient (Wildman–Crippen LogP) is 5.30. The normalized spacial score (nSPS) is 15.9. The molecular formula is C51H60F3N7O11. The maximum absolute atomic E-state index is 13.3. The van der Waals surface area contributed by atoms with Crippen molar-refractivity contribution in [1.29, 1.82) is 0 Å². The number of carbonyl (C=O) groups excluding carboxylic acids is 5. The summed E-state index contributed by atoms with van der Waals surface area (Å²) in [5.74, 6) is -1.42. The van der Waals surface area contributed by atoms with Crippen molar-refractivity contribution in [2.45, 2.75) is 64.2 Å². The first-order valence-electron chi connectivity index (χ1n) is 24.1. The second kappa shape index (κ2) is 26.3. The van der Waals surface area contributed by atoms with Crippen LogP contribution in [0, 0.1) is 6.92 Å². The molecule has 21 heteroatoms. The van der Waals surface area contributed by atoms with E-state index < -0.39 is 29.6 Å². The zero-order valence-corrected chi connectivity index (χ0v) is 40.2. The van der Waals surface area contributed by atoms with Gasteiger partial charge >= 0.3 is 6.18 Å². The smallest absolute Gasteiger partial charge is 0.416 e. The van der Waals surface area contributed by atoms with E-state index in [1.807, 2.05) is 25.1 Å². The van der Waals surface area contributed by atoms with Crippen LogP contribution >= 0.6 is 0 Å².